The average molecular weight is 1430 g/mol. The zero-order valence-electron chi connectivity index (χ0n) is 61.5. The molecule has 21 aromatic carbocycles. The van der Waals surface area contributed by atoms with E-state index in [0.717, 1.165) is 21.9 Å². The van der Waals surface area contributed by atoms with E-state index in [1.54, 1.807) is 0 Å². The van der Waals surface area contributed by atoms with Crippen molar-refractivity contribution in [2.24, 2.45) is 0 Å². The molecule has 4 aliphatic rings. The first-order valence-electron chi connectivity index (χ1n) is 39.5. The summed E-state index contributed by atoms with van der Waals surface area (Å²) in [4.78, 5) is 0. The molecule has 0 amide bonds. The second-order valence-corrected chi connectivity index (χ2v) is 31.4. The van der Waals surface area contributed by atoms with Crippen LogP contribution in [0.2, 0.25) is 0 Å². The van der Waals surface area contributed by atoms with E-state index in [1.807, 2.05) is 6.07 Å². The Labute approximate surface area is 652 Å². The summed E-state index contributed by atoms with van der Waals surface area (Å²) in [6, 6.07) is 150. The predicted molar refractivity (Wildman–Crippen MR) is 475 cm³/mol. The lowest BCUT2D eigenvalue weighted by molar-refractivity contribution is 0.669. The van der Waals surface area contributed by atoms with Crippen molar-refractivity contribution < 1.29 is 4.42 Å². The summed E-state index contributed by atoms with van der Waals surface area (Å²) in [7, 11) is 0. The highest BCUT2D eigenvalue weighted by Gasteiger charge is 2.54. The molecule has 0 saturated heterocycles. The van der Waals surface area contributed by atoms with Crippen LogP contribution in [0.4, 0.5) is 0 Å². The minimum Gasteiger partial charge on any atom is -0.456 e. The van der Waals surface area contributed by atoms with Gasteiger partial charge >= 0.3 is 0 Å². The minimum atomic E-state index is -0.418. The van der Waals surface area contributed by atoms with Crippen LogP contribution in [0.3, 0.4) is 0 Å². The van der Waals surface area contributed by atoms with Gasteiger partial charge < -0.3 is 4.42 Å². The largest absolute Gasteiger partial charge is 0.456 e. The van der Waals surface area contributed by atoms with Gasteiger partial charge in [-0.25, -0.2) is 0 Å². The average Bonchev–Trinajstić information content (AvgIpc) is 1.50. The smallest absolute Gasteiger partial charge is 0.135 e. The van der Waals surface area contributed by atoms with E-state index in [4.69, 9.17) is 4.42 Å². The molecule has 26 rings (SSSR count). The van der Waals surface area contributed by atoms with Crippen LogP contribution in [0.25, 0.3) is 197 Å². The SMILES string of the molecule is c1cc(-c2ccc3cc4c(cc3c2)C2(c3ccccc3-c3ccccc32)c2ccc3ccccc3c2-4)cc(-c2c3ccccc3c(-c3ccc4oc5ccccc5c4c3)c3ccccc23)c1.c1ccc2c(c1)-c1ccccc1C21c2ccc3ccccc3c2-c2ccc3cc(-c4cc5ccccc5c5ccccc45)ccc3c21. The maximum absolute atomic E-state index is 6.26. The molecule has 0 radical (unpaired) electrons. The van der Waals surface area contributed by atoms with Crippen molar-refractivity contribution in [1.29, 1.82) is 0 Å². The van der Waals surface area contributed by atoms with Crippen molar-refractivity contribution in [2.45, 2.75) is 10.8 Å². The lowest BCUT2D eigenvalue weighted by Gasteiger charge is -2.31. The van der Waals surface area contributed by atoms with Gasteiger partial charge in [-0.05, 0) is 274 Å². The van der Waals surface area contributed by atoms with Gasteiger partial charge in [0.15, 0.2) is 0 Å². The number of hydrogen-bond acceptors (Lipinski definition) is 1. The third-order valence-corrected chi connectivity index (χ3v) is 26.0. The molecule has 113 heavy (non-hydrogen) atoms. The first-order valence-corrected chi connectivity index (χ1v) is 39.5. The van der Waals surface area contributed by atoms with E-state index in [2.05, 4.69) is 394 Å². The Kier molecular flexibility index (Phi) is 13.0. The van der Waals surface area contributed by atoms with Crippen molar-refractivity contribution >= 4 is 108 Å². The van der Waals surface area contributed by atoms with E-state index >= 15 is 0 Å². The van der Waals surface area contributed by atoms with Crippen LogP contribution in [0.15, 0.2) is 405 Å². The molecule has 0 fully saturated rings. The fraction of sp³-hybridized carbons (Fsp3) is 0.0179. The molecule has 520 valence electrons. The van der Waals surface area contributed by atoms with Crippen LogP contribution in [-0.2, 0) is 10.8 Å². The van der Waals surface area contributed by atoms with Gasteiger partial charge in [0.05, 0.1) is 10.8 Å². The summed E-state index contributed by atoms with van der Waals surface area (Å²) in [5.41, 5.74) is 32.6. The highest BCUT2D eigenvalue weighted by molar-refractivity contribution is 6.23. The maximum atomic E-state index is 6.26. The van der Waals surface area contributed by atoms with E-state index in [9.17, 15) is 0 Å². The highest BCUT2D eigenvalue weighted by Crippen LogP contribution is 2.67. The molecule has 1 aromatic heterocycles. The number of fused-ring (bicyclic) bond motifs is 35. The Hall–Kier alpha value is -14.5. The van der Waals surface area contributed by atoms with Crippen molar-refractivity contribution in [3.8, 4) is 89.0 Å². The molecule has 4 aliphatic carbocycles. The Bertz CT molecular complexity index is 7810. The summed E-state index contributed by atoms with van der Waals surface area (Å²) in [5, 5.41) is 22.7. The molecule has 0 saturated carbocycles. The molecule has 1 heteroatoms. The van der Waals surface area contributed by atoms with Crippen molar-refractivity contribution in [3.05, 3.63) is 445 Å². The standard InChI is InChI=1S/C65H38O.C47H28/c1-2-17-46-39(14-1)30-32-58-64(46)55-36-42-29-28-41(35-45(42)38-59(55)65(58)56-25-10-7-18-47(56)48-19-8-11-26-57(48)65)40-15-13-16-43(34-40)62-50-21-3-5-23-52(50)63(53-24-6-4-22-51(53)62)44-31-33-61-54(37-44)49-20-9-12-27-60(49)66-61;1-4-14-34-29(11-1)23-26-44-45(34)40-25-22-31-27-32(41-28-30-12-2-3-13-33(30)36-15-5-6-16-37(36)41)21-24-35(31)46(40)47(44)42-19-9-7-17-38(42)39-18-8-10-20-43(39)47/h1-38H;1-28H. The van der Waals surface area contributed by atoms with E-state index in [1.165, 1.54) is 220 Å². The van der Waals surface area contributed by atoms with Gasteiger partial charge in [-0.15, -0.1) is 0 Å². The van der Waals surface area contributed by atoms with Gasteiger partial charge in [-0.1, -0.05) is 346 Å². The fourth-order valence-electron chi connectivity index (χ4n) is 21.5. The minimum absolute atomic E-state index is 0.390. The molecule has 0 N–H and O–H groups in total. The van der Waals surface area contributed by atoms with Gasteiger partial charge in [0.2, 0.25) is 0 Å². The van der Waals surface area contributed by atoms with Crippen molar-refractivity contribution in [1.82, 2.24) is 0 Å². The fourth-order valence-corrected chi connectivity index (χ4v) is 21.5. The van der Waals surface area contributed by atoms with Crippen LogP contribution >= 0.6 is 0 Å². The number of para-hydroxylation sites is 1. The number of benzene rings is 21. The van der Waals surface area contributed by atoms with Crippen LogP contribution in [0, 0.1) is 0 Å². The monoisotopic (exact) mass is 1430 g/mol. The second kappa shape index (κ2) is 23.5. The molecule has 0 aliphatic heterocycles. The number of furan rings is 1. The zero-order valence-corrected chi connectivity index (χ0v) is 61.5. The summed E-state index contributed by atoms with van der Waals surface area (Å²) in [6.45, 7) is 0. The number of rotatable bonds is 4. The Morgan fingerprint density at radius 1 is 0.150 bits per heavy atom. The van der Waals surface area contributed by atoms with Gasteiger partial charge in [-0.2, -0.15) is 0 Å². The second-order valence-electron chi connectivity index (χ2n) is 31.4. The predicted octanol–water partition coefficient (Wildman–Crippen LogP) is 29.9. The Balaban J connectivity index is 0.000000135. The zero-order chi connectivity index (χ0) is 73.8. The van der Waals surface area contributed by atoms with E-state index < -0.39 is 10.8 Å². The first-order chi connectivity index (χ1) is 56.0. The molecule has 0 unspecified atom stereocenters. The van der Waals surface area contributed by atoms with Gasteiger partial charge in [0.1, 0.15) is 11.2 Å². The molecule has 1 heterocycles. The molecule has 2 spiro atoms. The van der Waals surface area contributed by atoms with Crippen molar-refractivity contribution in [3.63, 3.8) is 0 Å². The van der Waals surface area contributed by atoms with Crippen LogP contribution in [0.1, 0.15) is 44.5 Å². The van der Waals surface area contributed by atoms with Crippen LogP contribution in [-0.4, -0.2) is 0 Å². The first kappa shape index (κ1) is 62.4. The third kappa shape index (κ3) is 8.55. The third-order valence-electron chi connectivity index (χ3n) is 26.0. The van der Waals surface area contributed by atoms with Crippen LogP contribution in [0.5, 0.6) is 0 Å². The summed E-state index contributed by atoms with van der Waals surface area (Å²) in [6.07, 6.45) is 0. The lowest BCUT2D eigenvalue weighted by Crippen LogP contribution is -2.26. The quantitative estimate of drug-likeness (QED) is 0.126. The molecular formula is C112H66O. The highest BCUT2D eigenvalue weighted by atomic mass is 16.3. The Morgan fingerprint density at radius 2 is 0.575 bits per heavy atom. The van der Waals surface area contributed by atoms with Gasteiger partial charge in [-0.3, -0.25) is 0 Å². The molecular weight excluding hydrogens is 1360 g/mol. The molecule has 0 atom stereocenters. The molecule has 22 aromatic rings. The van der Waals surface area contributed by atoms with Gasteiger partial charge in [0.25, 0.3) is 0 Å². The topological polar surface area (TPSA) is 13.1 Å². The van der Waals surface area contributed by atoms with E-state index in [0.29, 0.717) is 0 Å². The molecule has 0 bridgehead atoms. The number of hydrogen-bond donors (Lipinski definition) is 0. The molecule has 1 nitrogen and oxygen atoms in total. The Morgan fingerprint density at radius 3 is 1.21 bits per heavy atom. The summed E-state index contributed by atoms with van der Waals surface area (Å²) >= 11 is 0. The van der Waals surface area contributed by atoms with Crippen molar-refractivity contribution in [2.75, 3.05) is 0 Å². The summed E-state index contributed by atoms with van der Waals surface area (Å²) in [5.74, 6) is 0. The van der Waals surface area contributed by atoms with Gasteiger partial charge in [0, 0.05) is 10.8 Å². The lowest BCUT2D eigenvalue weighted by atomic mass is 9.69. The maximum Gasteiger partial charge on any atom is 0.135 e. The summed E-state index contributed by atoms with van der Waals surface area (Å²) < 4.78 is 6.26. The van der Waals surface area contributed by atoms with Crippen LogP contribution < -0.4 is 0 Å². The normalized spacial score (nSPS) is 13.5. The van der Waals surface area contributed by atoms with E-state index in [-0.39, 0.29) is 0 Å².